The van der Waals surface area contributed by atoms with Gasteiger partial charge in [0.1, 0.15) is 12.4 Å². The topological polar surface area (TPSA) is 41.7 Å². The van der Waals surface area contributed by atoms with Crippen molar-refractivity contribution in [3.63, 3.8) is 0 Å². The van der Waals surface area contributed by atoms with Crippen molar-refractivity contribution in [3.8, 4) is 5.75 Å². The van der Waals surface area contributed by atoms with Crippen molar-refractivity contribution in [3.05, 3.63) is 29.8 Å². The molecule has 0 atom stereocenters. The summed E-state index contributed by atoms with van der Waals surface area (Å²) in [6, 6.07) is 8.05. The Balaban J connectivity index is 1.70. The Labute approximate surface area is 128 Å². The highest BCUT2D eigenvalue weighted by Crippen LogP contribution is 2.16. The van der Waals surface area contributed by atoms with E-state index in [4.69, 9.17) is 10.5 Å². The van der Waals surface area contributed by atoms with E-state index < -0.39 is 0 Å². The lowest BCUT2D eigenvalue weighted by atomic mass is 10.1. The standard InChI is InChI=1S/C17H29N3O/c1-17(2,3)20-9-7-19(8-10-20)11-12-21-16-6-4-5-15(13-16)14-18/h4-6,13H,7-12,14,18H2,1-3H3. The van der Waals surface area contributed by atoms with Gasteiger partial charge in [0.05, 0.1) is 0 Å². The number of benzene rings is 1. The van der Waals surface area contributed by atoms with Gasteiger partial charge in [0.15, 0.2) is 0 Å². The number of nitrogens with two attached hydrogens (primary N) is 1. The lowest BCUT2D eigenvalue weighted by molar-refractivity contribution is 0.0564. The molecule has 2 N–H and O–H groups in total. The molecule has 118 valence electrons. The highest BCUT2D eigenvalue weighted by atomic mass is 16.5. The second-order valence-electron chi connectivity index (χ2n) is 6.70. The van der Waals surface area contributed by atoms with Gasteiger partial charge in [-0.3, -0.25) is 9.80 Å². The molecule has 0 amide bonds. The van der Waals surface area contributed by atoms with Gasteiger partial charge in [-0.15, -0.1) is 0 Å². The zero-order chi connectivity index (χ0) is 15.3. The van der Waals surface area contributed by atoms with Crippen LogP contribution in [0.15, 0.2) is 24.3 Å². The molecule has 21 heavy (non-hydrogen) atoms. The first kappa shape index (κ1) is 16.3. The molecule has 0 unspecified atom stereocenters. The molecule has 0 bridgehead atoms. The summed E-state index contributed by atoms with van der Waals surface area (Å²) in [4.78, 5) is 5.03. The van der Waals surface area contributed by atoms with Gasteiger partial charge in [0.25, 0.3) is 0 Å². The van der Waals surface area contributed by atoms with Crippen molar-refractivity contribution in [1.82, 2.24) is 9.80 Å². The molecule has 0 radical (unpaired) electrons. The molecule has 0 aromatic heterocycles. The number of nitrogens with zero attached hydrogens (tertiary/aromatic N) is 2. The van der Waals surface area contributed by atoms with Gasteiger partial charge in [-0.25, -0.2) is 0 Å². The Morgan fingerprint density at radius 2 is 1.86 bits per heavy atom. The second kappa shape index (κ2) is 7.25. The molecule has 2 rings (SSSR count). The van der Waals surface area contributed by atoms with Crippen LogP contribution in [-0.4, -0.2) is 54.7 Å². The van der Waals surface area contributed by atoms with Crippen LogP contribution in [0.1, 0.15) is 26.3 Å². The van der Waals surface area contributed by atoms with Gasteiger partial charge in [-0.1, -0.05) is 12.1 Å². The summed E-state index contributed by atoms with van der Waals surface area (Å²) in [6.45, 7) is 13.7. The Hall–Kier alpha value is -1.10. The summed E-state index contributed by atoms with van der Waals surface area (Å²) in [5, 5.41) is 0. The third-order valence-corrected chi connectivity index (χ3v) is 4.13. The fraction of sp³-hybridized carbons (Fsp3) is 0.647. The molecule has 0 saturated carbocycles. The lowest BCUT2D eigenvalue weighted by Crippen LogP contribution is -2.53. The van der Waals surface area contributed by atoms with Crippen LogP contribution in [0.3, 0.4) is 0 Å². The maximum Gasteiger partial charge on any atom is 0.119 e. The van der Waals surface area contributed by atoms with E-state index in [2.05, 4.69) is 30.6 Å². The monoisotopic (exact) mass is 291 g/mol. The van der Waals surface area contributed by atoms with Gasteiger partial charge in [-0.05, 0) is 38.5 Å². The summed E-state index contributed by atoms with van der Waals surface area (Å²) in [6.07, 6.45) is 0. The summed E-state index contributed by atoms with van der Waals surface area (Å²) < 4.78 is 5.83. The fourth-order valence-corrected chi connectivity index (χ4v) is 2.70. The predicted molar refractivity (Wildman–Crippen MR) is 87.6 cm³/mol. The molecular weight excluding hydrogens is 262 g/mol. The fourth-order valence-electron chi connectivity index (χ4n) is 2.70. The van der Waals surface area contributed by atoms with E-state index in [9.17, 15) is 0 Å². The second-order valence-corrected chi connectivity index (χ2v) is 6.70. The van der Waals surface area contributed by atoms with Crippen molar-refractivity contribution in [2.45, 2.75) is 32.9 Å². The normalized spacial score (nSPS) is 17.9. The molecule has 4 heteroatoms. The van der Waals surface area contributed by atoms with Crippen LogP contribution < -0.4 is 10.5 Å². The quantitative estimate of drug-likeness (QED) is 0.900. The molecule has 1 saturated heterocycles. The average Bonchev–Trinajstić information content (AvgIpc) is 2.47. The number of hydrogen-bond acceptors (Lipinski definition) is 4. The summed E-state index contributed by atoms with van der Waals surface area (Å²) in [7, 11) is 0. The first-order valence-corrected chi connectivity index (χ1v) is 7.88. The smallest absolute Gasteiger partial charge is 0.119 e. The maximum atomic E-state index is 5.83. The third kappa shape index (κ3) is 4.99. The van der Waals surface area contributed by atoms with Gasteiger partial charge < -0.3 is 10.5 Å². The Morgan fingerprint density at radius 3 is 2.48 bits per heavy atom. The Kier molecular flexibility index (Phi) is 5.62. The molecule has 1 aromatic rings. The van der Waals surface area contributed by atoms with Gasteiger partial charge in [-0.2, -0.15) is 0 Å². The first-order chi connectivity index (χ1) is 9.99. The van der Waals surface area contributed by atoms with Crippen molar-refractivity contribution in [2.24, 2.45) is 5.73 Å². The first-order valence-electron chi connectivity index (χ1n) is 7.88. The Morgan fingerprint density at radius 1 is 1.14 bits per heavy atom. The molecule has 1 aliphatic rings. The van der Waals surface area contributed by atoms with E-state index in [1.54, 1.807) is 0 Å². The summed E-state index contributed by atoms with van der Waals surface area (Å²) >= 11 is 0. The minimum absolute atomic E-state index is 0.283. The van der Waals surface area contributed by atoms with Gasteiger partial charge >= 0.3 is 0 Å². The lowest BCUT2D eigenvalue weighted by Gasteiger charge is -2.42. The molecule has 1 aromatic carbocycles. The molecule has 1 heterocycles. The predicted octanol–water partition coefficient (Wildman–Crippen LogP) is 1.94. The highest BCUT2D eigenvalue weighted by Gasteiger charge is 2.25. The van der Waals surface area contributed by atoms with Crippen molar-refractivity contribution in [1.29, 1.82) is 0 Å². The molecule has 0 aliphatic carbocycles. The number of rotatable bonds is 5. The highest BCUT2D eigenvalue weighted by molar-refractivity contribution is 5.28. The van der Waals surface area contributed by atoms with Crippen LogP contribution in [0.4, 0.5) is 0 Å². The van der Waals surface area contributed by atoms with E-state index in [0.29, 0.717) is 6.54 Å². The SMILES string of the molecule is CC(C)(C)N1CCN(CCOc2cccc(CN)c2)CC1. The van der Waals surface area contributed by atoms with E-state index in [1.807, 2.05) is 24.3 Å². The molecule has 0 spiro atoms. The van der Waals surface area contributed by atoms with E-state index >= 15 is 0 Å². The van der Waals surface area contributed by atoms with Crippen LogP contribution in [0.5, 0.6) is 5.75 Å². The zero-order valence-corrected chi connectivity index (χ0v) is 13.6. The minimum Gasteiger partial charge on any atom is -0.492 e. The van der Waals surface area contributed by atoms with Crippen molar-refractivity contribution < 1.29 is 4.74 Å². The van der Waals surface area contributed by atoms with Crippen LogP contribution >= 0.6 is 0 Å². The molecule has 1 fully saturated rings. The maximum absolute atomic E-state index is 5.83. The van der Waals surface area contributed by atoms with Gasteiger partial charge in [0, 0.05) is 44.8 Å². The molecule has 4 nitrogen and oxygen atoms in total. The number of ether oxygens (including phenoxy) is 1. The third-order valence-electron chi connectivity index (χ3n) is 4.13. The number of piperazine rings is 1. The van der Waals surface area contributed by atoms with Crippen LogP contribution in [-0.2, 0) is 6.54 Å². The molecular formula is C17H29N3O. The van der Waals surface area contributed by atoms with E-state index in [-0.39, 0.29) is 5.54 Å². The van der Waals surface area contributed by atoms with Crippen LogP contribution in [0.2, 0.25) is 0 Å². The number of hydrogen-bond donors (Lipinski definition) is 1. The van der Waals surface area contributed by atoms with Crippen molar-refractivity contribution >= 4 is 0 Å². The van der Waals surface area contributed by atoms with E-state index in [0.717, 1.165) is 50.6 Å². The van der Waals surface area contributed by atoms with E-state index in [1.165, 1.54) is 0 Å². The van der Waals surface area contributed by atoms with Crippen LogP contribution in [0.25, 0.3) is 0 Å². The van der Waals surface area contributed by atoms with Gasteiger partial charge in [0.2, 0.25) is 0 Å². The average molecular weight is 291 g/mol. The van der Waals surface area contributed by atoms with Crippen molar-refractivity contribution in [2.75, 3.05) is 39.3 Å². The zero-order valence-electron chi connectivity index (χ0n) is 13.6. The summed E-state index contributed by atoms with van der Waals surface area (Å²) in [5.41, 5.74) is 7.04. The largest absolute Gasteiger partial charge is 0.492 e. The van der Waals surface area contributed by atoms with Crippen LogP contribution in [0, 0.1) is 0 Å². The minimum atomic E-state index is 0.283. The Bertz CT molecular complexity index is 434. The molecule has 1 aliphatic heterocycles. The summed E-state index contributed by atoms with van der Waals surface area (Å²) in [5.74, 6) is 0.922.